The van der Waals surface area contributed by atoms with Gasteiger partial charge in [-0.05, 0) is 50.5 Å². The minimum absolute atomic E-state index is 0.0265. The minimum Gasteiger partial charge on any atom is -0.494 e. The summed E-state index contributed by atoms with van der Waals surface area (Å²) in [6.07, 6.45) is 1.98. The van der Waals surface area contributed by atoms with Crippen molar-refractivity contribution in [2.75, 3.05) is 11.9 Å². The molecule has 2 amide bonds. The summed E-state index contributed by atoms with van der Waals surface area (Å²) in [5.74, 6) is -1.00. The first-order chi connectivity index (χ1) is 11.9. The first-order valence-corrected chi connectivity index (χ1v) is 8.44. The molecule has 1 aliphatic rings. The number of anilines is 1. The fourth-order valence-corrected chi connectivity index (χ4v) is 2.54. The van der Waals surface area contributed by atoms with Crippen LogP contribution in [0.4, 0.5) is 5.69 Å². The number of aryl methyl sites for hydroxylation is 1. The van der Waals surface area contributed by atoms with Gasteiger partial charge in [0.25, 0.3) is 0 Å². The van der Waals surface area contributed by atoms with Gasteiger partial charge < -0.3 is 20.5 Å². The van der Waals surface area contributed by atoms with Crippen LogP contribution in [0.3, 0.4) is 0 Å². The summed E-state index contributed by atoms with van der Waals surface area (Å²) < 4.78 is 5.65. The number of hydrogen-bond acceptors (Lipinski definition) is 4. The number of carboxylic acid groups (broad SMARTS) is 1. The van der Waals surface area contributed by atoms with Gasteiger partial charge in [-0.1, -0.05) is 0 Å². The zero-order chi connectivity index (χ0) is 18.4. The van der Waals surface area contributed by atoms with E-state index in [1.54, 1.807) is 19.9 Å². The van der Waals surface area contributed by atoms with E-state index in [9.17, 15) is 14.4 Å². The molecule has 1 heterocycles. The van der Waals surface area contributed by atoms with Crippen LogP contribution in [-0.4, -0.2) is 35.5 Å². The molecule has 0 bridgehead atoms. The van der Waals surface area contributed by atoms with Crippen LogP contribution < -0.4 is 15.4 Å². The second-order valence-corrected chi connectivity index (χ2v) is 6.30. The lowest BCUT2D eigenvalue weighted by Crippen LogP contribution is -2.40. The topological polar surface area (TPSA) is 105 Å². The third-order valence-electron chi connectivity index (χ3n) is 4.32. The Morgan fingerprint density at radius 1 is 1.32 bits per heavy atom. The van der Waals surface area contributed by atoms with Gasteiger partial charge in [0.15, 0.2) is 0 Å². The summed E-state index contributed by atoms with van der Waals surface area (Å²) >= 11 is 0. The largest absolute Gasteiger partial charge is 0.494 e. The summed E-state index contributed by atoms with van der Waals surface area (Å²) in [6, 6.07) is 5.11. The van der Waals surface area contributed by atoms with E-state index < -0.39 is 17.9 Å². The summed E-state index contributed by atoms with van der Waals surface area (Å²) in [4.78, 5) is 34.0. The van der Waals surface area contributed by atoms with Crippen molar-refractivity contribution in [1.82, 2.24) is 5.32 Å². The van der Waals surface area contributed by atoms with E-state index in [1.807, 2.05) is 12.1 Å². The van der Waals surface area contributed by atoms with Gasteiger partial charge in [0.05, 0.1) is 12.5 Å². The highest BCUT2D eigenvalue weighted by Crippen LogP contribution is 2.26. The van der Waals surface area contributed by atoms with Gasteiger partial charge >= 0.3 is 5.97 Å². The van der Waals surface area contributed by atoms with Crippen LogP contribution in [0.1, 0.15) is 38.7 Å². The zero-order valence-corrected chi connectivity index (χ0v) is 14.5. The molecular weight excluding hydrogens is 324 g/mol. The second-order valence-electron chi connectivity index (χ2n) is 6.30. The van der Waals surface area contributed by atoms with Gasteiger partial charge in [-0.3, -0.25) is 14.4 Å². The van der Waals surface area contributed by atoms with E-state index >= 15 is 0 Å². The third kappa shape index (κ3) is 5.48. The monoisotopic (exact) mass is 348 g/mol. The molecule has 0 saturated heterocycles. The maximum atomic E-state index is 11.8. The van der Waals surface area contributed by atoms with Crippen molar-refractivity contribution in [2.24, 2.45) is 5.92 Å². The van der Waals surface area contributed by atoms with Gasteiger partial charge in [-0.25, -0.2) is 0 Å². The number of benzene rings is 1. The van der Waals surface area contributed by atoms with Crippen molar-refractivity contribution >= 4 is 23.5 Å². The van der Waals surface area contributed by atoms with Gasteiger partial charge in [0, 0.05) is 24.6 Å². The molecule has 0 spiro atoms. The molecule has 0 saturated carbocycles. The molecule has 0 aromatic heterocycles. The number of nitrogens with one attached hydrogen (secondary N) is 2. The predicted molar refractivity (Wildman–Crippen MR) is 92.5 cm³/mol. The molecule has 136 valence electrons. The van der Waals surface area contributed by atoms with E-state index in [1.165, 1.54) is 0 Å². The lowest BCUT2D eigenvalue weighted by molar-refractivity contribution is -0.142. The van der Waals surface area contributed by atoms with Crippen LogP contribution in [-0.2, 0) is 20.8 Å². The smallest absolute Gasteiger partial charge is 0.308 e. The van der Waals surface area contributed by atoms with Crippen LogP contribution in [0.2, 0.25) is 0 Å². The number of ether oxygens (including phenoxy) is 1. The average molecular weight is 348 g/mol. The Hall–Kier alpha value is -2.57. The van der Waals surface area contributed by atoms with E-state index in [2.05, 4.69) is 10.6 Å². The van der Waals surface area contributed by atoms with Crippen LogP contribution in [0, 0.1) is 5.92 Å². The van der Waals surface area contributed by atoms with Crippen LogP contribution in [0.25, 0.3) is 0 Å². The van der Waals surface area contributed by atoms with Crippen LogP contribution in [0.5, 0.6) is 5.75 Å². The standard InChI is InChI=1S/C18H24N2O5/c1-11(18(23)24)12(2)19-16(21)4-3-9-25-14-6-7-15-13(10-14)5-8-17(22)20-15/h6-7,10-12H,3-5,8-9H2,1-2H3,(H,19,21)(H,20,22)(H,23,24). The lowest BCUT2D eigenvalue weighted by atomic mass is 10.0. The Kier molecular flexibility index (Phi) is 6.38. The highest BCUT2D eigenvalue weighted by atomic mass is 16.5. The summed E-state index contributed by atoms with van der Waals surface area (Å²) in [6.45, 7) is 3.63. The number of aliphatic carboxylic acids is 1. The van der Waals surface area contributed by atoms with E-state index in [4.69, 9.17) is 9.84 Å². The van der Waals surface area contributed by atoms with Crippen molar-refractivity contribution in [3.8, 4) is 5.75 Å². The molecule has 2 unspecified atom stereocenters. The quantitative estimate of drug-likeness (QED) is 0.623. The van der Waals surface area contributed by atoms with E-state index in [0.29, 0.717) is 31.6 Å². The van der Waals surface area contributed by atoms with Gasteiger partial charge in [0.1, 0.15) is 5.75 Å². The fraction of sp³-hybridized carbons (Fsp3) is 0.500. The number of carboxylic acids is 1. The first-order valence-electron chi connectivity index (χ1n) is 8.44. The molecule has 7 nitrogen and oxygen atoms in total. The van der Waals surface area contributed by atoms with Crippen molar-refractivity contribution in [2.45, 2.75) is 45.6 Å². The SMILES string of the molecule is CC(NC(=O)CCCOc1ccc2c(c1)CCC(=O)N2)C(C)C(=O)O. The van der Waals surface area contributed by atoms with Gasteiger partial charge in [-0.2, -0.15) is 0 Å². The molecule has 3 N–H and O–H groups in total. The molecule has 25 heavy (non-hydrogen) atoms. The number of amides is 2. The summed E-state index contributed by atoms with van der Waals surface area (Å²) in [7, 11) is 0. The van der Waals surface area contributed by atoms with Crippen molar-refractivity contribution in [3.05, 3.63) is 23.8 Å². The van der Waals surface area contributed by atoms with Crippen molar-refractivity contribution in [1.29, 1.82) is 0 Å². The zero-order valence-electron chi connectivity index (χ0n) is 14.5. The molecule has 1 aromatic rings. The number of hydrogen-bond donors (Lipinski definition) is 3. The molecule has 0 aliphatic carbocycles. The van der Waals surface area contributed by atoms with E-state index in [-0.39, 0.29) is 18.2 Å². The maximum absolute atomic E-state index is 11.8. The number of carbonyl (C=O) groups is 3. The van der Waals surface area contributed by atoms with Gasteiger partial charge in [0.2, 0.25) is 11.8 Å². The normalized spacial score (nSPS) is 15.5. The number of fused-ring (bicyclic) bond motifs is 1. The lowest BCUT2D eigenvalue weighted by Gasteiger charge is -2.18. The molecule has 0 radical (unpaired) electrons. The van der Waals surface area contributed by atoms with Gasteiger partial charge in [-0.15, -0.1) is 0 Å². The Morgan fingerprint density at radius 3 is 2.80 bits per heavy atom. The molecule has 2 rings (SSSR count). The summed E-state index contributed by atoms with van der Waals surface area (Å²) in [5, 5.41) is 14.4. The van der Waals surface area contributed by atoms with Crippen molar-refractivity contribution in [3.63, 3.8) is 0 Å². The Morgan fingerprint density at radius 2 is 2.08 bits per heavy atom. The molecular formula is C18H24N2O5. The average Bonchev–Trinajstić information content (AvgIpc) is 2.57. The summed E-state index contributed by atoms with van der Waals surface area (Å²) in [5.41, 5.74) is 1.87. The Bertz CT molecular complexity index is 659. The molecule has 7 heteroatoms. The predicted octanol–water partition coefficient (Wildman–Crippen LogP) is 1.96. The van der Waals surface area contributed by atoms with Crippen LogP contribution >= 0.6 is 0 Å². The second kappa shape index (κ2) is 8.50. The Labute approximate surface area is 146 Å². The molecule has 2 atom stereocenters. The third-order valence-corrected chi connectivity index (χ3v) is 4.32. The van der Waals surface area contributed by atoms with Crippen LogP contribution in [0.15, 0.2) is 18.2 Å². The molecule has 1 aliphatic heterocycles. The van der Waals surface area contributed by atoms with E-state index in [0.717, 1.165) is 11.3 Å². The maximum Gasteiger partial charge on any atom is 0.308 e. The number of carbonyl (C=O) groups excluding carboxylic acids is 2. The molecule has 1 aromatic carbocycles. The Balaban J connectivity index is 1.72. The minimum atomic E-state index is -0.931. The van der Waals surface area contributed by atoms with Crippen molar-refractivity contribution < 1.29 is 24.2 Å². The highest BCUT2D eigenvalue weighted by molar-refractivity contribution is 5.94. The number of rotatable bonds is 8. The molecule has 0 fully saturated rings. The highest BCUT2D eigenvalue weighted by Gasteiger charge is 2.20. The fourth-order valence-electron chi connectivity index (χ4n) is 2.54. The first kappa shape index (κ1) is 18.8.